The molecular weight excluding hydrogens is 274 g/mol. The maximum atomic E-state index is 5.16. The van der Waals surface area contributed by atoms with Gasteiger partial charge in [-0.25, -0.2) is 4.68 Å². The first-order chi connectivity index (χ1) is 10.8. The van der Waals surface area contributed by atoms with Crippen LogP contribution in [-0.2, 0) is 13.1 Å². The van der Waals surface area contributed by atoms with E-state index in [4.69, 9.17) is 4.74 Å². The standard InChI is InChI=1S/C18H19N3O/c1-22-18-8-6-15(7-9-18)13-19-14-16-4-2-5-17(12-16)21-11-3-10-20-21/h2-12,19H,13-14H2,1H3. The molecule has 1 heterocycles. The number of ether oxygens (including phenoxy) is 1. The molecule has 3 rings (SSSR count). The normalized spacial score (nSPS) is 10.6. The third kappa shape index (κ3) is 3.54. The van der Waals surface area contributed by atoms with Crippen molar-refractivity contribution in [1.82, 2.24) is 15.1 Å². The Bertz CT molecular complexity index is 705. The van der Waals surface area contributed by atoms with E-state index in [1.807, 2.05) is 29.1 Å². The fraction of sp³-hybridized carbons (Fsp3) is 0.167. The van der Waals surface area contributed by atoms with Crippen molar-refractivity contribution in [3.05, 3.63) is 78.1 Å². The molecule has 0 spiro atoms. The number of benzene rings is 2. The van der Waals surface area contributed by atoms with Gasteiger partial charge in [-0.1, -0.05) is 24.3 Å². The summed E-state index contributed by atoms with van der Waals surface area (Å²) in [6.07, 6.45) is 3.73. The van der Waals surface area contributed by atoms with Crippen molar-refractivity contribution in [1.29, 1.82) is 0 Å². The zero-order chi connectivity index (χ0) is 15.2. The van der Waals surface area contributed by atoms with Crippen molar-refractivity contribution in [2.24, 2.45) is 0 Å². The van der Waals surface area contributed by atoms with E-state index in [1.54, 1.807) is 13.3 Å². The van der Waals surface area contributed by atoms with Crippen LogP contribution in [-0.4, -0.2) is 16.9 Å². The lowest BCUT2D eigenvalue weighted by atomic mass is 10.2. The molecule has 1 N–H and O–H groups in total. The average Bonchev–Trinajstić information content (AvgIpc) is 3.10. The Hall–Kier alpha value is -2.59. The van der Waals surface area contributed by atoms with Crippen LogP contribution in [0.4, 0.5) is 0 Å². The van der Waals surface area contributed by atoms with Gasteiger partial charge in [-0.15, -0.1) is 0 Å². The van der Waals surface area contributed by atoms with Gasteiger partial charge in [0.2, 0.25) is 0 Å². The van der Waals surface area contributed by atoms with Gasteiger partial charge in [-0.3, -0.25) is 0 Å². The smallest absolute Gasteiger partial charge is 0.118 e. The van der Waals surface area contributed by atoms with Crippen LogP contribution in [0.15, 0.2) is 67.0 Å². The highest BCUT2D eigenvalue weighted by atomic mass is 16.5. The molecule has 0 aliphatic heterocycles. The van der Waals surface area contributed by atoms with Crippen molar-refractivity contribution >= 4 is 0 Å². The second-order valence-electron chi connectivity index (χ2n) is 5.07. The van der Waals surface area contributed by atoms with Crippen molar-refractivity contribution in [2.75, 3.05) is 7.11 Å². The first-order valence-electron chi connectivity index (χ1n) is 7.28. The van der Waals surface area contributed by atoms with Crippen molar-refractivity contribution < 1.29 is 4.74 Å². The van der Waals surface area contributed by atoms with Crippen LogP contribution >= 0.6 is 0 Å². The molecule has 4 heteroatoms. The van der Waals surface area contributed by atoms with Crippen LogP contribution in [0.1, 0.15) is 11.1 Å². The Balaban J connectivity index is 1.58. The average molecular weight is 293 g/mol. The lowest BCUT2D eigenvalue weighted by molar-refractivity contribution is 0.414. The highest BCUT2D eigenvalue weighted by Gasteiger charge is 1.99. The summed E-state index contributed by atoms with van der Waals surface area (Å²) in [5.41, 5.74) is 3.55. The molecule has 112 valence electrons. The summed E-state index contributed by atoms with van der Waals surface area (Å²) < 4.78 is 7.03. The number of hydrogen-bond donors (Lipinski definition) is 1. The van der Waals surface area contributed by atoms with Gasteiger partial charge in [0.1, 0.15) is 5.75 Å². The molecule has 0 aliphatic carbocycles. The highest BCUT2D eigenvalue weighted by molar-refractivity contribution is 5.35. The Labute approximate surface area is 130 Å². The van der Waals surface area contributed by atoms with Crippen LogP contribution in [0.2, 0.25) is 0 Å². The fourth-order valence-electron chi connectivity index (χ4n) is 2.33. The van der Waals surface area contributed by atoms with Gasteiger partial charge in [0.05, 0.1) is 12.8 Å². The molecule has 1 aromatic heterocycles. The third-order valence-corrected chi connectivity index (χ3v) is 3.50. The first-order valence-corrected chi connectivity index (χ1v) is 7.28. The molecule has 0 saturated carbocycles. The van der Waals surface area contributed by atoms with E-state index in [-0.39, 0.29) is 0 Å². The van der Waals surface area contributed by atoms with Crippen LogP contribution in [0.5, 0.6) is 5.75 Å². The van der Waals surface area contributed by atoms with Gasteiger partial charge >= 0.3 is 0 Å². The van der Waals surface area contributed by atoms with E-state index in [0.29, 0.717) is 0 Å². The summed E-state index contributed by atoms with van der Waals surface area (Å²) in [5.74, 6) is 0.885. The summed E-state index contributed by atoms with van der Waals surface area (Å²) in [5, 5.41) is 7.71. The van der Waals surface area contributed by atoms with E-state index in [2.05, 4.69) is 46.8 Å². The summed E-state index contributed by atoms with van der Waals surface area (Å²) in [7, 11) is 1.68. The number of rotatable bonds is 6. The number of nitrogens with zero attached hydrogens (tertiary/aromatic N) is 2. The first kappa shape index (κ1) is 14.4. The Kier molecular flexibility index (Phi) is 4.51. The molecule has 0 saturated heterocycles. The molecule has 4 nitrogen and oxygen atoms in total. The fourth-order valence-corrected chi connectivity index (χ4v) is 2.33. The minimum absolute atomic E-state index is 0.821. The predicted octanol–water partition coefficient (Wildman–Crippen LogP) is 3.17. The van der Waals surface area contributed by atoms with Gasteiger partial charge in [0.25, 0.3) is 0 Å². The van der Waals surface area contributed by atoms with Gasteiger partial charge in [0.15, 0.2) is 0 Å². The number of hydrogen-bond acceptors (Lipinski definition) is 3. The molecule has 2 aromatic carbocycles. The summed E-state index contributed by atoms with van der Waals surface area (Å²) in [4.78, 5) is 0. The molecule has 0 bridgehead atoms. The molecule has 3 aromatic rings. The van der Waals surface area contributed by atoms with Crippen molar-refractivity contribution in [3.8, 4) is 11.4 Å². The summed E-state index contributed by atoms with van der Waals surface area (Å²) in [6.45, 7) is 1.65. The Morgan fingerprint density at radius 1 is 1.00 bits per heavy atom. The lowest BCUT2D eigenvalue weighted by Gasteiger charge is -2.08. The molecule has 0 atom stereocenters. The molecule has 0 fully saturated rings. The molecule has 22 heavy (non-hydrogen) atoms. The van der Waals surface area contributed by atoms with E-state index in [1.165, 1.54) is 11.1 Å². The van der Waals surface area contributed by atoms with Gasteiger partial charge in [0, 0.05) is 25.5 Å². The minimum Gasteiger partial charge on any atom is -0.497 e. The number of aromatic nitrogens is 2. The van der Waals surface area contributed by atoms with Gasteiger partial charge in [-0.2, -0.15) is 5.10 Å². The largest absolute Gasteiger partial charge is 0.497 e. The Morgan fingerprint density at radius 2 is 1.82 bits per heavy atom. The third-order valence-electron chi connectivity index (χ3n) is 3.50. The quantitative estimate of drug-likeness (QED) is 0.758. The van der Waals surface area contributed by atoms with Crippen molar-refractivity contribution in [2.45, 2.75) is 13.1 Å². The molecule has 0 radical (unpaired) electrons. The summed E-state index contributed by atoms with van der Waals surface area (Å²) >= 11 is 0. The maximum Gasteiger partial charge on any atom is 0.118 e. The van der Waals surface area contributed by atoms with Gasteiger partial charge in [-0.05, 0) is 41.5 Å². The monoisotopic (exact) mass is 293 g/mol. The van der Waals surface area contributed by atoms with Gasteiger partial charge < -0.3 is 10.1 Å². The maximum absolute atomic E-state index is 5.16. The molecule has 0 unspecified atom stereocenters. The second kappa shape index (κ2) is 6.91. The number of methoxy groups -OCH3 is 1. The topological polar surface area (TPSA) is 39.1 Å². The van der Waals surface area contributed by atoms with E-state index < -0.39 is 0 Å². The summed E-state index contributed by atoms with van der Waals surface area (Å²) in [6, 6.07) is 18.4. The lowest BCUT2D eigenvalue weighted by Crippen LogP contribution is -2.12. The van der Waals surface area contributed by atoms with Crippen molar-refractivity contribution in [3.63, 3.8) is 0 Å². The zero-order valence-electron chi connectivity index (χ0n) is 12.6. The van der Waals surface area contributed by atoms with Crippen LogP contribution in [0.3, 0.4) is 0 Å². The van der Waals surface area contributed by atoms with E-state index >= 15 is 0 Å². The molecular formula is C18H19N3O. The van der Waals surface area contributed by atoms with E-state index in [9.17, 15) is 0 Å². The Morgan fingerprint density at radius 3 is 2.55 bits per heavy atom. The minimum atomic E-state index is 0.821. The second-order valence-corrected chi connectivity index (χ2v) is 5.07. The zero-order valence-corrected chi connectivity index (χ0v) is 12.6. The molecule has 0 amide bonds. The molecule has 0 aliphatic rings. The van der Waals surface area contributed by atoms with Crippen LogP contribution in [0.25, 0.3) is 5.69 Å². The predicted molar refractivity (Wildman–Crippen MR) is 87.1 cm³/mol. The SMILES string of the molecule is COc1ccc(CNCc2cccc(-n3cccn3)c2)cc1. The number of nitrogens with one attached hydrogen (secondary N) is 1. The van der Waals surface area contributed by atoms with Crippen LogP contribution in [0, 0.1) is 0 Å². The van der Waals surface area contributed by atoms with E-state index in [0.717, 1.165) is 24.5 Å². The highest BCUT2D eigenvalue weighted by Crippen LogP contribution is 2.12. The van der Waals surface area contributed by atoms with Crippen LogP contribution < -0.4 is 10.1 Å².